The summed E-state index contributed by atoms with van der Waals surface area (Å²) < 4.78 is 7.15. The van der Waals surface area contributed by atoms with Crippen LogP contribution in [0.15, 0.2) is 60.9 Å². The summed E-state index contributed by atoms with van der Waals surface area (Å²) >= 11 is 0. The smallest absolute Gasteiger partial charge is 0.341 e. The predicted molar refractivity (Wildman–Crippen MR) is 72.6 cm³/mol. The van der Waals surface area contributed by atoms with Crippen LogP contribution in [-0.2, 0) is 0 Å². The molecule has 0 unspecified atom stereocenters. The first-order valence-electron chi connectivity index (χ1n) is 6.01. The van der Waals surface area contributed by atoms with Crippen molar-refractivity contribution in [1.82, 2.24) is 14.8 Å². The Morgan fingerprint density at radius 1 is 1.00 bits per heavy atom. The van der Waals surface area contributed by atoms with Gasteiger partial charge < -0.3 is 4.74 Å². The molecular formula is C15H10N4O. The summed E-state index contributed by atoms with van der Waals surface area (Å²) in [5.41, 5.74) is 1.34. The molecule has 0 bridgehead atoms. The Labute approximate surface area is 115 Å². The highest BCUT2D eigenvalue weighted by atomic mass is 16.5. The average molecular weight is 262 g/mol. The van der Waals surface area contributed by atoms with E-state index < -0.39 is 0 Å². The molecule has 3 aromatic rings. The van der Waals surface area contributed by atoms with Gasteiger partial charge in [-0.05, 0) is 24.3 Å². The van der Waals surface area contributed by atoms with Gasteiger partial charge in [0.2, 0.25) is 0 Å². The van der Waals surface area contributed by atoms with Crippen molar-refractivity contribution in [3.05, 3.63) is 66.5 Å². The summed E-state index contributed by atoms with van der Waals surface area (Å²) in [5, 5.41) is 13.2. The molecule has 0 saturated heterocycles. The van der Waals surface area contributed by atoms with E-state index in [2.05, 4.69) is 16.2 Å². The number of nitrogens with zero attached hydrogens (tertiary/aromatic N) is 4. The summed E-state index contributed by atoms with van der Waals surface area (Å²) in [4.78, 5) is 4.08. The van der Waals surface area contributed by atoms with Crippen LogP contribution in [0.4, 0.5) is 0 Å². The molecule has 3 rings (SSSR count). The van der Waals surface area contributed by atoms with Gasteiger partial charge in [-0.15, -0.1) is 5.10 Å². The molecule has 5 nitrogen and oxygen atoms in total. The van der Waals surface area contributed by atoms with Crippen LogP contribution in [0.1, 0.15) is 5.56 Å². The fraction of sp³-hybridized carbons (Fsp3) is 0. The van der Waals surface area contributed by atoms with Gasteiger partial charge in [-0.2, -0.15) is 10.2 Å². The van der Waals surface area contributed by atoms with Gasteiger partial charge in [-0.3, -0.25) is 0 Å². The van der Waals surface area contributed by atoms with E-state index in [-0.39, 0.29) is 6.01 Å². The molecule has 5 heteroatoms. The van der Waals surface area contributed by atoms with Gasteiger partial charge in [0, 0.05) is 0 Å². The van der Waals surface area contributed by atoms with E-state index in [4.69, 9.17) is 10.00 Å². The minimum absolute atomic E-state index is 0.205. The monoisotopic (exact) mass is 262 g/mol. The second-order valence-electron chi connectivity index (χ2n) is 4.02. The molecule has 20 heavy (non-hydrogen) atoms. The lowest BCUT2D eigenvalue weighted by atomic mass is 10.2. The Morgan fingerprint density at radius 3 is 2.55 bits per heavy atom. The van der Waals surface area contributed by atoms with Crippen molar-refractivity contribution < 1.29 is 4.74 Å². The highest BCUT2D eigenvalue weighted by Crippen LogP contribution is 2.22. The van der Waals surface area contributed by atoms with E-state index >= 15 is 0 Å². The van der Waals surface area contributed by atoms with E-state index in [0.717, 1.165) is 5.69 Å². The molecule has 0 atom stereocenters. The number of benzene rings is 2. The fourth-order valence-corrected chi connectivity index (χ4v) is 1.75. The quantitative estimate of drug-likeness (QED) is 0.728. The number of para-hydroxylation sites is 2. The molecule has 0 radical (unpaired) electrons. The van der Waals surface area contributed by atoms with E-state index in [9.17, 15) is 0 Å². The van der Waals surface area contributed by atoms with E-state index in [1.54, 1.807) is 35.3 Å². The Balaban J connectivity index is 1.87. The van der Waals surface area contributed by atoms with Crippen molar-refractivity contribution in [3.63, 3.8) is 0 Å². The third-order valence-corrected chi connectivity index (χ3v) is 2.70. The molecule has 2 aromatic carbocycles. The topological polar surface area (TPSA) is 63.7 Å². The van der Waals surface area contributed by atoms with Crippen LogP contribution >= 0.6 is 0 Å². The highest BCUT2D eigenvalue weighted by Gasteiger charge is 2.08. The molecule has 0 amide bonds. The number of ether oxygens (including phenoxy) is 1. The van der Waals surface area contributed by atoms with Gasteiger partial charge in [0.25, 0.3) is 0 Å². The van der Waals surface area contributed by atoms with Gasteiger partial charge in [-0.1, -0.05) is 30.3 Å². The molecule has 0 spiro atoms. The standard InChI is InChI=1S/C15H10N4O/c16-10-12-6-4-5-9-14(12)20-15-17-11-19(18-15)13-7-2-1-3-8-13/h1-9,11H. The molecule has 0 fully saturated rings. The molecule has 0 N–H and O–H groups in total. The van der Waals surface area contributed by atoms with Gasteiger partial charge in [-0.25, -0.2) is 4.68 Å². The van der Waals surface area contributed by atoms with Crippen molar-refractivity contribution in [2.45, 2.75) is 0 Å². The van der Waals surface area contributed by atoms with Crippen LogP contribution in [0.2, 0.25) is 0 Å². The lowest BCUT2D eigenvalue weighted by Gasteiger charge is -2.02. The van der Waals surface area contributed by atoms with Gasteiger partial charge >= 0.3 is 6.01 Å². The second kappa shape index (κ2) is 5.24. The van der Waals surface area contributed by atoms with Gasteiger partial charge in [0.1, 0.15) is 18.1 Å². The van der Waals surface area contributed by atoms with Crippen molar-refractivity contribution >= 4 is 0 Å². The first-order chi connectivity index (χ1) is 9.86. The van der Waals surface area contributed by atoms with Crippen molar-refractivity contribution in [2.24, 2.45) is 0 Å². The first-order valence-corrected chi connectivity index (χ1v) is 6.01. The lowest BCUT2D eigenvalue weighted by Crippen LogP contribution is -1.95. The average Bonchev–Trinajstić information content (AvgIpc) is 2.97. The zero-order valence-corrected chi connectivity index (χ0v) is 10.5. The molecule has 96 valence electrons. The zero-order chi connectivity index (χ0) is 13.8. The van der Waals surface area contributed by atoms with E-state index in [0.29, 0.717) is 11.3 Å². The predicted octanol–water partition coefficient (Wildman–Crippen LogP) is 2.93. The third kappa shape index (κ3) is 2.35. The Kier molecular flexibility index (Phi) is 3.13. The Morgan fingerprint density at radius 2 is 1.75 bits per heavy atom. The van der Waals surface area contributed by atoms with Crippen molar-refractivity contribution in [1.29, 1.82) is 5.26 Å². The Hall–Kier alpha value is -3.13. The lowest BCUT2D eigenvalue weighted by molar-refractivity contribution is 0.440. The van der Waals surface area contributed by atoms with E-state index in [1.807, 2.05) is 30.3 Å². The maximum atomic E-state index is 9.00. The number of hydrogen-bond acceptors (Lipinski definition) is 4. The molecular weight excluding hydrogens is 252 g/mol. The highest BCUT2D eigenvalue weighted by molar-refractivity contribution is 5.43. The molecule has 0 aliphatic rings. The summed E-state index contributed by atoms with van der Waals surface area (Å²) in [7, 11) is 0. The number of nitriles is 1. The zero-order valence-electron chi connectivity index (χ0n) is 10.5. The fourth-order valence-electron chi connectivity index (χ4n) is 1.75. The van der Waals surface area contributed by atoms with Crippen molar-refractivity contribution in [2.75, 3.05) is 0 Å². The molecule has 0 aliphatic heterocycles. The third-order valence-electron chi connectivity index (χ3n) is 2.70. The summed E-state index contributed by atoms with van der Waals surface area (Å²) in [5.74, 6) is 0.445. The summed E-state index contributed by atoms with van der Waals surface area (Å²) in [6, 6.07) is 18.8. The van der Waals surface area contributed by atoms with Crippen LogP contribution in [0.5, 0.6) is 11.8 Å². The number of rotatable bonds is 3. The number of aromatic nitrogens is 3. The van der Waals surface area contributed by atoms with Crippen LogP contribution in [0.25, 0.3) is 5.69 Å². The van der Waals surface area contributed by atoms with Crippen LogP contribution in [-0.4, -0.2) is 14.8 Å². The minimum atomic E-state index is 0.205. The largest absolute Gasteiger partial charge is 0.422 e. The molecule has 0 aliphatic carbocycles. The first kappa shape index (κ1) is 11.9. The molecule has 0 saturated carbocycles. The maximum absolute atomic E-state index is 9.00. The molecule has 1 heterocycles. The molecule has 1 aromatic heterocycles. The van der Waals surface area contributed by atoms with Crippen LogP contribution < -0.4 is 4.74 Å². The van der Waals surface area contributed by atoms with Crippen LogP contribution in [0, 0.1) is 11.3 Å². The number of hydrogen-bond donors (Lipinski definition) is 0. The van der Waals surface area contributed by atoms with Gasteiger partial charge in [0.05, 0.1) is 11.3 Å². The maximum Gasteiger partial charge on any atom is 0.341 e. The normalized spacial score (nSPS) is 9.95. The van der Waals surface area contributed by atoms with Gasteiger partial charge in [0.15, 0.2) is 0 Å². The van der Waals surface area contributed by atoms with E-state index in [1.165, 1.54) is 0 Å². The van der Waals surface area contributed by atoms with Crippen molar-refractivity contribution in [3.8, 4) is 23.5 Å². The summed E-state index contributed by atoms with van der Waals surface area (Å²) in [6.45, 7) is 0. The Bertz CT molecular complexity index is 759. The van der Waals surface area contributed by atoms with Crippen LogP contribution in [0.3, 0.4) is 0 Å². The second-order valence-corrected chi connectivity index (χ2v) is 4.02. The summed E-state index contributed by atoms with van der Waals surface area (Å²) in [6.07, 6.45) is 1.57. The minimum Gasteiger partial charge on any atom is -0.422 e. The SMILES string of the molecule is N#Cc1ccccc1Oc1ncn(-c2ccccc2)n1.